The number of alkyl halides is 2. The summed E-state index contributed by atoms with van der Waals surface area (Å²) in [5.41, 5.74) is 0.719. The van der Waals surface area contributed by atoms with E-state index in [2.05, 4.69) is 26.0 Å². The van der Waals surface area contributed by atoms with Gasteiger partial charge in [0, 0.05) is 6.42 Å². The van der Waals surface area contributed by atoms with Gasteiger partial charge in [-0.1, -0.05) is 37.1 Å². The molecule has 178 valence electrons. The molecule has 3 fully saturated rings. The fraction of sp³-hybridized carbons (Fsp3) is 0.846. The van der Waals surface area contributed by atoms with Crippen LogP contribution in [0.4, 0.5) is 8.78 Å². The van der Waals surface area contributed by atoms with Crippen molar-refractivity contribution in [3.63, 3.8) is 0 Å². The van der Waals surface area contributed by atoms with E-state index in [1.165, 1.54) is 19.4 Å². The molecule has 0 aromatic carbocycles. The van der Waals surface area contributed by atoms with Crippen molar-refractivity contribution >= 4 is 0 Å². The number of rotatable bonds is 6. The Morgan fingerprint density at radius 1 is 1.13 bits per heavy atom. The van der Waals surface area contributed by atoms with Crippen molar-refractivity contribution in [1.82, 2.24) is 0 Å². The maximum absolute atomic E-state index is 14.3. The molecule has 0 spiro atoms. The first kappa shape index (κ1) is 24.9. The highest BCUT2D eigenvalue weighted by atomic mass is 19.3. The maximum Gasteiger partial charge on any atom is 0.275 e. The van der Waals surface area contributed by atoms with E-state index in [0.29, 0.717) is 37.5 Å². The molecule has 2 unspecified atom stereocenters. The van der Waals surface area contributed by atoms with E-state index >= 15 is 0 Å². The van der Waals surface area contributed by atoms with Gasteiger partial charge in [0.25, 0.3) is 5.92 Å². The predicted octanol–water partition coefficient (Wildman–Crippen LogP) is 5.78. The van der Waals surface area contributed by atoms with Crippen molar-refractivity contribution in [1.29, 1.82) is 0 Å². The van der Waals surface area contributed by atoms with E-state index in [9.17, 15) is 24.1 Å². The average molecular weight is 441 g/mol. The molecule has 3 N–H and O–H groups in total. The lowest BCUT2D eigenvalue weighted by atomic mass is 9.60. The molecule has 0 bridgehead atoms. The van der Waals surface area contributed by atoms with Crippen LogP contribution in [-0.2, 0) is 0 Å². The second-order valence-corrected chi connectivity index (χ2v) is 11.4. The Morgan fingerprint density at radius 3 is 2.39 bits per heavy atom. The Kier molecular flexibility index (Phi) is 7.40. The smallest absolute Gasteiger partial charge is 0.275 e. The van der Waals surface area contributed by atoms with Crippen molar-refractivity contribution < 1.29 is 24.1 Å². The highest BCUT2D eigenvalue weighted by Crippen LogP contribution is 2.60. The molecule has 0 amide bonds. The Hall–Kier alpha value is -0.780. The van der Waals surface area contributed by atoms with Crippen molar-refractivity contribution in [2.24, 2.45) is 23.2 Å². The molecular formula is C26H42F2O3. The fourth-order valence-electron chi connectivity index (χ4n) is 6.66. The van der Waals surface area contributed by atoms with E-state index in [4.69, 9.17) is 0 Å². The minimum Gasteiger partial charge on any atom is -0.393 e. The minimum atomic E-state index is -3.07. The van der Waals surface area contributed by atoms with E-state index in [0.717, 1.165) is 37.7 Å². The van der Waals surface area contributed by atoms with Gasteiger partial charge in [-0.15, -0.1) is 0 Å². The van der Waals surface area contributed by atoms with Crippen LogP contribution in [0.1, 0.15) is 91.9 Å². The SMILES string of the molecule is C[C@@H](CCC(F)(F)C(C)(C)O)C1CCC2/C(=C/C=C3C[C@@H](O)C[C@H](O)C3)CCC[C@@]21C. The van der Waals surface area contributed by atoms with E-state index in [1.54, 1.807) is 0 Å². The molecule has 0 saturated heterocycles. The third kappa shape index (κ3) is 5.42. The summed E-state index contributed by atoms with van der Waals surface area (Å²) in [6, 6.07) is 0. The lowest BCUT2D eigenvalue weighted by molar-refractivity contribution is -0.168. The van der Waals surface area contributed by atoms with Gasteiger partial charge in [0.1, 0.15) is 5.60 Å². The normalized spacial score (nSPS) is 37.1. The number of allylic oxidation sites excluding steroid dienone is 3. The molecule has 0 aliphatic heterocycles. The van der Waals surface area contributed by atoms with E-state index in [-0.39, 0.29) is 17.8 Å². The Balaban J connectivity index is 1.69. The molecule has 3 nitrogen and oxygen atoms in total. The largest absolute Gasteiger partial charge is 0.393 e. The van der Waals surface area contributed by atoms with Gasteiger partial charge in [0.15, 0.2) is 0 Å². The highest BCUT2D eigenvalue weighted by Gasteiger charge is 2.51. The summed E-state index contributed by atoms with van der Waals surface area (Å²) in [4.78, 5) is 0. The van der Waals surface area contributed by atoms with Crippen LogP contribution >= 0.6 is 0 Å². The van der Waals surface area contributed by atoms with Crippen LogP contribution in [0.2, 0.25) is 0 Å². The Labute approximate surface area is 186 Å². The molecule has 6 atom stereocenters. The van der Waals surface area contributed by atoms with E-state index in [1.807, 2.05) is 0 Å². The zero-order valence-electron chi connectivity index (χ0n) is 19.7. The number of fused-ring (bicyclic) bond motifs is 1. The van der Waals surface area contributed by atoms with Gasteiger partial charge in [0.2, 0.25) is 0 Å². The van der Waals surface area contributed by atoms with Gasteiger partial charge in [0.05, 0.1) is 12.2 Å². The van der Waals surface area contributed by atoms with Crippen LogP contribution in [-0.4, -0.2) is 39.1 Å². The summed E-state index contributed by atoms with van der Waals surface area (Å²) in [6.07, 6.45) is 10.9. The van der Waals surface area contributed by atoms with Crippen molar-refractivity contribution in [3.8, 4) is 0 Å². The Bertz CT molecular complexity index is 681. The molecule has 3 aliphatic rings. The van der Waals surface area contributed by atoms with Crippen molar-refractivity contribution in [2.75, 3.05) is 0 Å². The molecule has 0 radical (unpaired) electrons. The topological polar surface area (TPSA) is 60.7 Å². The monoisotopic (exact) mass is 440 g/mol. The zero-order valence-corrected chi connectivity index (χ0v) is 19.7. The first-order chi connectivity index (χ1) is 14.3. The van der Waals surface area contributed by atoms with Gasteiger partial charge in [-0.05, 0) is 94.8 Å². The molecule has 31 heavy (non-hydrogen) atoms. The molecule has 3 aliphatic carbocycles. The quantitative estimate of drug-likeness (QED) is 0.490. The maximum atomic E-state index is 14.3. The van der Waals surface area contributed by atoms with Gasteiger partial charge >= 0.3 is 0 Å². The first-order valence-electron chi connectivity index (χ1n) is 12.2. The van der Waals surface area contributed by atoms with Crippen LogP contribution in [0, 0.1) is 23.2 Å². The number of halogens is 2. The van der Waals surface area contributed by atoms with Crippen LogP contribution in [0.25, 0.3) is 0 Å². The zero-order chi connectivity index (χ0) is 23.0. The molecular weight excluding hydrogens is 398 g/mol. The second kappa shape index (κ2) is 9.23. The first-order valence-corrected chi connectivity index (χ1v) is 12.2. The number of hydrogen-bond acceptors (Lipinski definition) is 3. The summed E-state index contributed by atoms with van der Waals surface area (Å²) in [5, 5.41) is 29.7. The molecule has 0 aromatic rings. The summed E-state index contributed by atoms with van der Waals surface area (Å²) in [5.74, 6) is -1.97. The second-order valence-electron chi connectivity index (χ2n) is 11.4. The lowest BCUT2D eigenvalue weighted by Gasteiger charge is -2.44. The van der Waals surface area contributed by atoms with Crippen LogP contribution in [0.5, 0.6) is 0 Å². The molecule has 3 rings (SSSR count). The highest BCUT2D eigenvalue weighted by molar-refractivity contribution is 5.26. The molecule has 5 heteroatoms. The Morgan fingerprint density at radius 2 is 1.77 bits per heavy atom. The predicted molar refractivity (Wildman–Crippen MR) is 120 cm³/mol. The summed E-state index contributed by atoms with van der Waals surface area (Å²) < 4.78 is 28.6. The molecule has 0 aromatic heterocycles. The average Bonchev–Trinajstić information content (AvgIpc) is 3.00. The number of aliphatic hydroxyl groups is 3. The van der Waals surface area contributed by atoms with Crippen molar-refractivity contribution in [3.05, 3.63) is 23.3 Å². The van der Waals surface area contributed by atoms with Gasteiger partial charge in [-0.2, -0.15) is 0 Å². The fourth-order valence-corrected chi connectivity index (χ4v) is 6.66. The summed E-state index contributed by atoms with van der Waals surface area (Å²) in [7, 11) is 0. The number of hydrogen-bond donors (Lipinski definition) is 3. The van der Waals surface area contributed by atoms with Gasteiger partial charge in [-0.3, -0.25) is 0 Å². The van der Waals surface area contributed by atoms with Gasteiger partial charge in [-0.25, -0.2) is 8.78 Å². The molecule has 0 heterocycles. The third-order valence-electron chi connectivity index (χ3n) is 8.61. The lowest BCUT2D eigenvalue weighted by Crippen LogP contribution is -2.43. The van der Waals surface area contributed by atoms with Crippen LogP contribution < -0.4 is 0 Å². The minimum absolute atomic E-state index is 0.137. The summed E-state index contributed by atoms with van der Waals surface area (Å²) >= 11 is 0. The standard InChI is InChI=1S/C26H42F2O3/c1-17(11-13-26(27,28)24(2,3)31)22-9-10-23-19(6-5-12-25(22,23)4)8-7-18-14-20(29)16-21(30)15-18/h7-8,17,20-23,29-31H,5-6,9-16H2,1-4H3/b19-8+/t17-,20+,21+,22?,23?,25+/m0/s1. The summed E-state index contributed by atoms with van der Waals surface area (Å²) in [6.45, 7) is 6.86. The van der Waals surface area contributed by atoms with Crippen LogP contribution in [0.15, 0.2) is 23.3 Å². The van der Waals surface area contributed by atoms with Gasteiger partial charge < -0.3 is 15.3 Å². The third-order valence-corrected chi connectivity index (χ3v) is 8.61. The number of aliphatic hydroxyl groups excluding tert-OH is 2. The van der Waals surface area contributed by atoms with Crippen molar-refractivity contribution in [2.45, 2.75) is 116 Å². The van der Waals surface area contributed by atoms with E-state index < -0.39 is 23.7 Å². The van der Waals surface area contributed by atoms with Crippen LogP contribution in [0.3, 0.4) is 0 Å². The molecule has 3 saturated carbocycles.